The summed E-state index contributed by atoms with van der Waals surface area (Å²) in [6.45, 7) is 1.62. The Balaban J connectivity index is 1.40. The molecule has 3 heterocycles. The third kappa shape index (κ3) is 3.93. The fourth-order valence-corrected chi connectivity index (χ4v) is 4.85. The van der Waals surface area contributed by atoms with E-state index in [9.17, 15) is 9.59 Å². The number of hydrogen-bond acceptors (Lipinski definition) is 5. The zero-order valence-electron chi connectivity index (χ0n) is 19.1. The summed E-state index contributed by atoms with van der Waals surface area (Å²) in [7, 11) is 3.59. The number of ether oxygens (including phenoxy) is 1. The third-order valence-electron chi connectivity index (χ3n) is 6.38. The van der Waals surface area contributed by atoms with Crippen molar-refractivity contribution in [1.82, 2.24) is 20.0 Å². The number of aromatic nitrogens is 2. The summed E-state index contributed by atoms with van der Waals surface area (Å²) >= 11 is 6.60. The highest BCUT2D eigenvalue weighted by atomic mass is 35.5. The molecule has 0 unspecified atom stereocenters. The zero-order valence-corrected chi connectivity index (χ0v) is 19.9. The van der Waals surface area contributed by atoms with Crippen molar-refractivity contribution >= 4 is 29.1 Å². The van der Waals surface area contributed by atoms with Crippen LogP contribution in [-0.4, -0.2) is 59.8 Å². The summed E-state index contributed by atoms with van der Waals surface area (Å²) in [6.07, 6.45) is 0.529. The first kappa shape index (κ1) is 22.4. The average molecular weight is 480 g/mol. The number of amides is 2. The molecule has 0 aliphatic carbocycles. The van der Waals surface area contributed by atoms with E-state index in [0.717, 1.165) is 16.7 Å². The number of carbonyl (C=O) groups is 2. The Morgan fingerprint density at radius 1 is 1.15 bits per heavy atom. The molecule has 8 nitrogen and oxygen atoms in total. The molecule has 2 amide bonds. The summed E-state index contributed by atoms with van der Waals surface area (Å²) in [4.78, 5) is 30.0. The van der Waals surface area contributed by atoms with E-state index in [-0.39, 0.29) is 18.4 Å². The van der Waals surface area contributed by atoms with E-state index < -0.39 is 6.04 Å². The molecule has 1 N–H and O–H groups in total. The van der Waals surface area contributed by atoms with Crippen LogP contribution in [-0.2, 0) is 24.3 Å². The quantitative estimate of drug-likeness (QED) is 0.608. The van der Waals surface area contributed by atoms with Crippen molar-refractivity contribution in [3.05, 3.63) is 76.1 Å². The van der Waals surface area contributed by atoms with Gasteiger partial charge in [-0.25, -0.2) is 4.68 Å². The van der Waals surface area contributed by atoms with Crippen molar-refractivity contribution in [1.29, 1.82) is 0 Å². The number of carbonyl (C=O) groups excluding carboxylic acids is 2. The number of rotatable bonds is 5. The van der Waals surface area contributed by atoms with Gasteiger partial charge in [0.05, 0.1) is 12.2 Å². The second-order valence-electron chi connectivity index (χ2n) is 8.57. The maximum atomic E-state index is 13.5. The predicted molar refractivity (Wildman–Crippen MR) is 129 cm³/mol. The second kappa shape index (κ2) is 9.12. The van der Waals surface area contributed by atoms with Crippen LogP contribution >= 0.6 is 11.6 Å². The summed E-state index contributed by atoms with van der Waals surface area (Å²) in [5.41, 5.74) is 3.82. The van der Waals surface area contributed by atoms with E-state index in [1.165, 1.54) is 0 Å². The Morgan fingerprint density at radius 3 is 2.71 bits per heavy atom. The number of nitrogens with one attached hydrogen (secondary N) is 1. The summed E-state index contributed by atoms with van der Waals surface area (Å²) in [6, 6.07) is 14.9. The minimum atomic E-state index is -0.746. The van der Waals surface area contributed by atoms with E-state index in [0.29, 0.717) is 48.3 Å². The lowest BCUT2D eigenvalue weighted by Gasteiger charge is -2.33. The van der Waals surface area contributed by atoms with Gasteiger partial charge in [0.25, 0.3) is 11.8 Å². The lowest BCUT2D eigenvalue weighted by Crippen LogP contribution is -2.54. The molecule has 1 atom stereocenters. The Morgan fingerprint density at radius 2 is 1.94 bits per heavy atom. The smallest absolute Gasteiger partial charge is 0.275 e. The van der Waals surface area contributed by atoms with Gasteiger partial charge in [-0.15, -0.1) is 0 Å². The van der Waals surface area contributed by atoms with Gasteiger partial charge >= 0.3 is 0 Å². The van der Waals surface area contributed by atoms with Gasteiger partial charge in [0.1, 0.15) is 23.6 Å². The molecular weight excluding hydrogens is 454 g/mol. The van der Waals surface area contributed by atoms with Crippen molar-refractivity contribution in [2.75, 3.05) is 32.1 Å². The number of nitrogens with zero attached hydrogens (tertiary/aromatic N) is 4. The van der Waals surface area contributed by atoms with Gasteiger partial charge in [-0.1, -0.05) is 48.0 Å². The van der Waals surface area contributed by atoms with Gasteiger partial charge in [0.15, 0.2) is 5.69 Å². The molecule has 9 heteroatoms. The molecule has 176 valence electrons. The standard InChI is InChI=1S/C25H26ClN5O3/c1-27-13-17-8-9-19-21(12-17)34-15-20(24(32)29(19)2)30-11-10-18-22(25(30)33)28-31(23(18)26)14-16-6-4-3-5-7-16/h3-9,12,20,27H,10-11,13-15H2,1-2H3/t20-/m0/s1. The van der Waals surface area contributed by atoms with Gasteiger partial charge in [0, 0.05) is 25.7 Å². The molecule has 1 aromatic heterocycles. The highest BCUT2D eigenvalue weighted by Crippen LogP contribution is 2.34. The summed E-state index contributed by atoms with van der Waals surface area (Å²) in [5, 5.41) is 8.12. The van der Waals surface area contributed by atoms with Crippen molar-refractivity contribution in [3.63, 3.8) is 0 Å². The van der Waals surface area contributed by atoms with E-state index in [1.807, 2.05) is 55.6 Å². The molecule has 34 heavy (non-hydrogen) atoms. The Hall–Kier alpha value is -3.36. The average Bonchev–Trinajstić information content (AvgIpc) is 3.10. The number of halogens is 1. The third-order valence-corrected chi connectivity index (χ3v) is 6.80. The number of hydrogen-bond donors (Lipinski definition) is 1. The van der Waals surface area contributed by atoms with Crippen LogP contribution in [0.15, 0.2) is 48.5 Å². The van der Waals surface area contributed by atoms with E-state index in [4.69, 9.17) is 16.3 Å². The van der Waals surface area contributed by atoms with Crippen LogP contribution in [0.2, 0.25) is 5.15 Å². The van der Waals surface area contributed by atoms with Gasteiger partial charge in [-0.3, -0.25) is 9.59 Å². The van der Waals surface area contributed by atoms with Gasteiger partial charge < -0.3 is 19.9 Å². The normalized spacial score (nSPS) is 17.8. The van der Waals surface area contributed by atoms with E-state index >= 15 is 0 Å². The lowest BCUT2D eigenvalue weighted by molar-refractivity contribution is -0.123. The molecule has 2 aliphatic rings. The molecule has 2 aromatic carbocycles. The number of likely N-dealkylation sites (N-methyl/N-ethyl adjacent to an activating group) is 1. The van der Waals surface area contributed by atoms with Gasteiger partial charge in [-0.05, 0) is 36.7 Å². The maximum absolute atomic E-state index is 13.5. The monoisotopic (exact) mass is 479 g/mol. The molecule has 0 spiro atoms. The topological polar surface area (TPSA) is 79.7 Å². The van der Waals surface area contributed by atoms with Crippen LogP contribution in [0.1, 0.15) is 27.2 Å². The van der Waals surface area contributed by atoms with Crippen LogP contribution in [0.5, 0.6) is 5.75 Å². The first-order chi connectivity index (χ1) is 16.5. The van der Waals surface area contributed by atoms with Crippen molar-refractivity contribution in [3.8, 4) is 5.75 Å². The Kier molecular flexibility index (Phi) is 6.02. The molecule has 3 aromatic rings. The highest BCUT2D eigenvalue weighted by molar-refractivity contribution is 6.31. The minimum Gasteiger partial charge on any atom is -0.489 e. The number of anilines is 1. The SMILES string of the molecule is CNCc1ccc2c(c1)OC[C@H](N1CCc3c(nn(Cc4ccccc4)c3Cl)C1=O)C(=O)N2C. The van der Waals surface area contributed by atoms with Crippen molar-refractivity contribution in [2.45, 2.75) is 25.6 Å². The fourth-order valence-electron chi connectivity index (χ4n) is 4.57. The summed E-state index contributed by atoms with van der Waals surface area (Å²) in [5.74, 6) is 0.144. The summed E-state index contributed by atoms with van der Waals surface area (Å²) < 4.78 is 7.70. The molecule has 0 saturated heterocycles. The lowest BCUT2D eigenvalue weighted by atomic mass is 10.0. The van der Waals surface area contributed by atoms with Gasteiger partial charge in [-0.2, -0.15) is 5.10 Å². The van der Waals surface area contributed by atoms with E-state index in [2.05, 4.69) is 10.4 Å². The molecule has 5 rings (SSSR count). The molecular formula is C25H26ClN5O3. The van der Waals surface area contributed by atoms with Crippen LogP contribution in [0.4, 0.5) is 5.69 Å². The first-order valence-corrected chi connectivity index (χ1v) is 11.6. The highest BCUT2D eigenvalue weighted by Gasteiger charge is 2.40. The zero-order chi connectivity index (χ0) is 23.8. The van der Waals surface area contributed by atoms with Crippen LogP contribution in [0.3, 0.4) is 0 Å². The predicted octanol–water partition coefficient (Wildman–Crippen LogP) is 2.73. The molecule has 0 saturated carbocycles. The molecule has 0 fully saturated rings. The first-order valence-electron chi connectivity index (χ1n) is 11.3. The van der Waals surface area contributed by atoms with Crippen molar-refractivity contribution in [2.24, 2.45) is 0 Å². The van der Waals surface area contributed by atoms with E-state index in [1.54, 1.807) is 21.5 Å². The van der Waals surface area contributed by atoms with Crippen LogP contribution in [0, 0.1) is 0 Å². The van der Waals surface area contributed by atoms with Crippen LogP contribution in [0.25, 0.3) is 0 Å². The Bertz CT molecular complexity index is 1240. The molecule has 2 aliphatic heterocycles. The fraction of sp³-hybridized carbons (Fsp3) is 0.320. The van der Waals surface area contributed by atoms with Crippen LogP contribution < -0.4 is 15.0 Å². The largest absolute Gasteiger partial charge is 0.489 e. The molecule has 0 radical (unpaired) electrons. The van der Waals surface area contributed by atoms with Crippen molar-refractivity contribution < 1.29 is 14.3 Å². The maximum Gasteiger partial charge on any atom is 0.275 e. The second-order valence-corrected chi connectivity index (χ2v) is 8.92. The number of fused-ring (bicyclic) bond motifs is 2. The Labute approximate surface area is 203 Å². The molecule has 0 bridgehead atoms. The van der Waals surface area contributed by atoms with Gasteiger partial charge in [0.2, 0.25) is 0 Å². The minimum absolute atomic E-state index is 0.0821. The number of benzene rings is 2.